The van der Waals surface area contributed by atoms with Crippen LogP contribution < -0.4 is 5.73 Å². The number of amides is 1. The van der Waals surface area contributed by atoms with Crippen LogP contribution in [0.4, 0.5) is 0 Å². The minimum absolute atomic E-state index is 0.0195. The molecule has 1 amide bonds. The molecule has 0 bridgehead atoms. The van der Waals surface area contributed by atoms with Crippen molar-refractivity contribution in [2.24, 2.45) is 5.73 Å². The predicted molar refractivity (Wildman–Crippen MR) is 99.2 cm³/mol. The van der Waals surface area contributed by atoms with Crippen LogP contribution in [-0.2, 0) is 10.2 Å². The average Bonchev–Trinajstić information content (AvgIpc) is 2.69. The monoisotopic (exact) mass is 338 g/mol. The van der Waals surface area contributed by atoms with E-state index in [1.165, 1.54) is 11.1 Å². The fraction of sp³-hybridized carbons (Fsp3) is 0.381. The van der Waals surface area contributed by atoms with Crippen LogP contribution in [0.1, 0.15) is 30.4 Å². The maximum atomic E-state index is 12.6. The lowest BCUT2D eigenvalue weighted by atomic mass is 9.69. The van der Waals surface area contributed by atoms with Gasteiger partial charge in [0.15, 0.2) is 0 Å². The summed E-state index contributed by atoms with van der Waals surface area (Å²) in [5.74, 6) is -0.0195. The average molecular weight is 338 g/mol. The van der Waals surface area contributed by atoms with E-state index in [4.69, 9.17) is 5.73 Å². The lowest BCUT2D eigenvalue weighted by Gasteiger charge is -2.44. The van der Waals surface area contributed by atoms with E-state index in [1.54, 1.807) is 0 Å². The van der Waals surface area contributed by atoms with Crippen molar-refractivity contribution in [1.82, 2.24) is 4.90 Å². The van der Waals surface area contributed by atoms with Crippen LogP contribution in [0.2, 0.25) is 0 Å². The van der Waals surface area contributed by atoms with Gasteiger partial charge in [-0.2, -0.15) is 0 Å². The van der Waals surface area contributed by atoms with Gasteiger partial charge in [-0.3, -0.25) is 4.79 Å². The number of likely N-dealkylation sites (tertiary alicyclic amines) is 1. The van der Waals surface area contributed by atoms with Crippen molar-refractivity contribution in [3.8, 4) is 0 Å². The molecule has 3 N–H and O–H groups in total. The highest BCUT2D eigenvalue weighted by Gasteiger charge is 2.40. The summed E-state index contributed by atoms with van der Waals surface area (Å²) in [4.78, 5) is 14.5. The molecular weight excluding hydrogens is 312 g/mol. The third-order valence-corrected chi connectivity index (χ3v) is 5.18. The summed E-state index contributed by atoms with van der Waals surface area (Å²) in [7, 11) is 0. The van der Waals surface area contributed by atoms with Crippen LogP contribution in [0.5, 0.6) is 0 Å². The quantitative estimate of drug-likeness (QED) is 0.879. The van der Waals surface area contributed by atoms with Gasteiger partial charge in [-0.25, -0.2) is 0 Å². The van der Waals surface area contributed by atoms with Gasteiger partial charge in [0, 0.05) is 25.0 Å². The Morgan fingerprint density at radius 2 is 1.64 bits per heavy atom. The fourth-order valence-corrected chi connectivity index (χ4v) is 3.83. The topological polar surface area (TPSA) is 66.6 Å². The van der Waals surface area contributed by atoms with Crippen molar-refractivity contribution in [2.45, 2.75) is 30.8 Å². The summed E-state index contributed by atoms with van der Waals surface area (Å²) in [6.45, 7) is 1.48. The molecule has 1 heterocycles. The van der Waals surface area contributed by atoms with E-state index in [-0.39, 0.29) is 24.3 Å². The van der Waals surface area contributed by atoms with Crippen LogP contribution in [0.15, 0.2) is 60.7 Å². The lowest BCUT2D eigenvalue weighted by Crippen LogP contribution is -2.50. The van der Waals surface area contributed by atoms with Gasteiger partial charge in [0.1, 0.15) is 0 Å². The van der Waals surface area contributed by atoms with Crippen LogP contribution >= 0.6 is 0 Å². The Balaban J connectivity index is 1.94. The molecule has 1 saturated heterocycles. The van der Waals surface area contributed by atoms with E-state index in [1.807, 2.05) is 17.0 Å². The van der Waals surface area contributed by atoms with Gasteiger partial charge in [0.25, 0.3) is 0 Å². The molecule has 0 radical (unpaired) electrons. The number of hydrogen-bond acceptors (Lipinski definition) is 3. The molecule has 1 atom stereocenters. The first-order valence-electron chi connectivity index (χ1n) is 8.93. The standard InChI is InChI=1S/C21H26N2O2/c22-15-19(24)14-20(25)23-13-7-12-21(16-23,17-8-3-1-4-9-17)18-10-5-2-6-11-18/h1-6,8-11,19,24H,7,12-16,22H2/t19-/m1/s1. The van der Waals surface area contributed by atoms with Crippen molar-refractivity contribution < 1.29 is 9.90 Å². The Hall–Kier alpha value is -2.17. The van der Waals surface area contributed by atoms with Crippen molar-refractivity contribution in [1.29, 1.82) is 0 Å². The maximum absolute atomic E-state index is 12.6. The first-order chi connectivity index (χ1) is 12.2. The normalized spacial score (nSPS) is 17.9. The number of aliphatic hydroxyl groups is 1. The van der Waals surface area contributed by atoms with Gasteiger partial charge < -0.3 is 15.7 Å². The molecule has 1 aliphatic heterocycles. The van der Waals surface area contributed by atoms with Crippen LogP contribution in [-0.4, -0.2) is 41.7 Å². The van der Waals surface area contributed by atoms with E-state index in [0.29, 0.717) is 6.54 Å². The third-order valence-electron chi connectivity index (χ3n) is 5.18. The highest BCUT2D eigenvalue weighted by Crippen LogP contribution is 2.40. The molecule has 1 fully saturated rings. The molecule has 3 rings (SSSR count). The van der Waals surface area contributed by atoms with Crippen molar-refractivity contribution in [2.75, 3.05) is 19.6 Å². The summed E-state index contributed by atoms with van der Waals surface area (Å²) in [6, 6.07) is 20.9. The molecule has 0 spiro atoms. The Labute approximate surface area is 149 Å². The first kappa shape index (κ1) is 17.6. The Kier molecular flexibility index (Phi) is 5.51. The second-order valence-electron chi connectivity index (χ2n) is 6.83. The molecule has 4 nitrogen and oxygen atoms in total. The molecular formula is C21H26N2O2. The van der Waals surface area contributed by atoms with Crippen molar-refractivity contribution >= 4 is 5.91 Å². The summed E-state index contributed by atoms with van der Waals surface area (Å²) in [5.41, 5.74) is 7.73. The van der Waals surface area contributed by atoms with Gasteiger partial charge in [-0.15, -0.1) is 0 Å². The zero-order valence-electron chi connectivity index (χ0n) is 14.5. The SMILES string of the molecule is NC[C@H](O)CC(=O)N1CCCC(c2ccccc2)(c2ccccc2)C1. The number of nitrogens with two attached hydrogens (primary N) is 1. The summed E-state index contributed by atoms with van der Waals surface area (Å²) in [5, 5.41) is 9.75. The Bertz CT molecular complexity index is 648. The van der Waals surface area contributed by atoms with Crippen molar-refractivity contribution in [3.63, 3.8) is 0 Å². The molecule has 4 heteroatoms. The third kappa shape index (κ3) is 3.75. The van der Waals surface area contributed by atoms with Gasteiger partial charge in [0.2, 0.25) is 5.91 Å². The van der Waals surface area contributed by atoms with Gasteiger partial charge in [-0.05, 0) is 24.0 Å². The van der Waals surface area contributed by atoms with E-state index in [0.717, 1.165) is 19.4 Å². The number of carbonyl (C=O) groups is 1. The minimum Gasteiger partial charge on any atom is -0.391 e. The zero-order chi connectivity index (χ0) is 17.7. The van der Waals surface area contributed by atoms with E-state index in [9.17, 15) is 9.90 Å². The Morgan fingerprint density at radius 1 is 1.08 bits per heavy atom. The van der Waals surface area contributed by atoms with Crippen LogP contribution in [0, 0.1) is 0 Å². The summed E-state index contributed by atoms with van der Waals surface area (Å²) >= 11 is 0. The molecule has 25 heavy (non-hydrogen) atoms. The fourth-order valence-electron chi connectivity index (χ4n) is 3.83. The van der Waals surface area contributed by atoms with Crippen molar-refractivity contribution in [3.05, 3.63) is 71.8 Å². The largest absolute Gasteiger partial charge is 0.391 e. The molecule has 0 saturated carbocycles. The highest BCUT2D eigenvalue weighted by molar-refractivity contribution is 5.77. The molecule has 0 aromatic heterocycles. The lowest BCUT2D eigenvalue weighted by molar-refractivity contribution is -0.135. The summed E-state index contributed by atoms with van der Waals surface area (Å²) < 4.78 is 0. The van der Waals surface area contributed by atoms with E-state index >= 15 is 0 Å². The van der Waals surface area contributed by atoms with E-state index < -0.39 is 6.10 Å². The second kappa shape index (κ2) is 7.81. The number of benzene rings is 2. The smallest absolute Gasteiger partial charge is 0.225 e. The number of aliphatic hydroxyl groups excluding tert-OH is 1. The first-order valence-corrected chi connectivity index (χ1v) is 8.93. The minimum atomic E-state index is -0.766. The Morgan fingerprint density at radius 3 is 2.16 bits per heavy atom. The molecule has 0 aliphatic carbocycles. The second-order valence-corrected chi connectivity index (χ2v) is 6.83. The summed E-state index contributed by atoms with van der Waals surface area (Å²) in [6.07, 6.45) is 1.27. The molecule has 0 unspecified atom stereocenters. The number of piperidine rings is 1. The molecule has 2 aromatic rings. The van der Waals surface area contributed by atoms with Gasteiger partial charge in [0.05, 0.1) is 12.5 Å². The van der Waals surface area contributed by atoms with Crippen LogP contribution in [0.3, 0.4) is 0 Å². The number of carbonyl (C=O) groups excluding carboxylic acids is 1. The highest BCUT2D eigenvalue weighted by atomic mass is 16.3. The molecule has 132 valence electrons. The van der Waals surface area contributed by atoms with E-state index in [2.05, 4.69) is 48.5 Å². The predicted octanol–water partition coefficient (Wildman–Crippen LogP) is 2.30. The molecule has 1 aliphatic rings. The number of rotatable bonds is 5. The number of nitrogens with zero attached hydrogens (tertiary/aromatic N) is 1. The maximum Gasteiger partial charge on any atom is 0.225 e. The van der Waals surface area contributed by atoms with Crippen LogP contribution in [0.25, 0.3) is 0 Å². The van der Waals surface area contributed by atoms with Gasteiger partial charge >= 0.3 is 0 Å². The number of hydrogen-bond donors (Lipinski definition) is 2. The van der Waals surface area contributed by atoms with Gasteiger partial charge in [-0.1, -0.05) is 60.7 Å². The zero-order valence-corrected chi connectivity index (χ0v) is 14.5. The molecule has 2 aromatic carbocycles.